The van der Waals surface area contributed by atoms with E-state index in [0.29, 0.717) is 6.54 Å². The number of nitrogens with zero attached hydrogens (tertiary/aromatic N) is 3. The Balaban J connectivity index is 1.75. The molecule has 112 valence electrons. The molecule has 1 unspecified atom stereocenters. The molecule has 2 rings (SSSR count). The number of aromatic nitrogens is 1. The minimum absolute atomic E-state index is 0.324. The lowest BCUT2D eigenvalue weighted by atomic mass is 10.2. The van der Waals surface area contributed by atoms with Crippen LogP contribution >= 0.6 is 0 Å². The molecular weight excluding hydrogens is 254 g/mol. The van der Waals surface area contributed by atoms with Gasteiger partial charge >= 0.3 is 0 Å². The average Bonchev–Trinajstić information content (AvgIpc) is 2.42. The number of pyridine rings is 1. The number of rotatable bonds is 6. The number of aryl methyl sites for hydroxylation is 1. The molecule has 1 aliphatic heterocycles. The number of hydrogen-bond acceptors (Lipinski definition) is 5. The molecule has 0 radical (unpaired) electrons. The molecule has 1 aromatic rings. The second-order valence-electron chi connectivity index (χ2n) is 5.51. The Morgan fingerprint density at radius 3 is 2.90 bits per heavy atom. The first kappa shape index (κ1) is 15.4. The maximum Gasteiger partial charge on any atom is 0.0793 e. The van der Waals surface area contributed by atoms with Crippen molar-refractivity contribution in [3.63, 3.8) is 0 Å². The quantitative estimate of drug-likeness (QED) is 0.822. The van der Waals surface area contributed by atoms with E-state index in [0.717, 1.165) is 45.1 Å². The summed E-state index contributed by atoms with van der Waals surface area (Å²) in [5.41, 5.74) is 2.27. The Labute approximate surface area is 121 Å². The molecule has 0 aliphatic carbocycles. The van der Waals surface area contributed by atoms with Gasteiger partial charge in [-0.25, -0.2) is 0 Å². The van der Waals surface area contributed by atoms with Gasteiger partial charge < -0.3 is 9.84 Å². The Morgan fingerprint density at radius 2 is 2.20 bits per heavy atom. The molecule has 0 aromatic carbocycles. The number of β-amino-alcohol motifs (C(OH)–C–C–N with tert-alkyl or cyclic N) is 1. The van der Waals surface area contributed by atoms with Gasteiger partial charge in [0.2, 0.25) is 0 Å². The third-order valence-electron chi connectivity index (χ3n) is 3.65. The summed E-state index contributed by atoms with van der Waals surface area (Å²) in [6, 6.07) is 4.05. The van der Waals surface area contributed by atoms with Crippen LogP contribution in [0.4, 0.5) is 0 Å². The third kappa shape index (κ3) is 4.83. The monoisotopic (exact) mass is 279 g/mol. The van der Waals surface area contributed by atoms with Gasteiger partial charge in [0, 0.05) is 44.6 Å². The molecule has 1 saturated heterocycles. The molecule has 5 heteroatoms. The summed E-state index contributed by atoms with van der Waals surface area (Å²) in [7, 11) is 2.04. The highest BCUT2D eigenvalue weighted by atomic mass is 16.5. The normalized spacial score (nSPS) is 18.4. The largest absolute Gasteiger partial charge is 0.390 e. The van der Waals surface area contributed by atoms with Crippen molar-refractivity contribution in [2.75, 3.05) is 46.4 Å². The van der Waals surface area contributed by atoms with Crippen molar-refractivity contribution >= 4 is 0 Å². The van der Waals surface area contributed by atoms with Gasteiger partial charge in [-0.15, -0.1) is 0 Å². The Hall–Kier alpha value is -1.01. The van der Waals surface area contributed by atoms with Crippen LogP contribution in [0, 0.1) is 6.92 Å². The van der Waals surface area contributed by atoms with Crippen LogP contribution in [0.15, 0.2) is 18.3 Å². The predicted octanol–water partition coefficient (Wildman–Crippen LogP) is 0.515. The second kappa shape index (κ2) is 7.69. The molecule has 0 spiro atoms. The van der Waals surface area contributed by atoms with E-state index in [4.69, 9.17) is 4.74 Å². The van der Waals surface area contributed by atoms with E-state index in [9.17, 15) is 5.11 Å². The zero-order chi connectivity index (χ0) is 14.4. The first-order valence-corrected chi connectivity index (χ1v) is 7.22. The van der Waals surface area contributed by atoms with E-state index in [1.54, 1.807) is 0 Å². The maximum atomic E-state index is 10.2. The minimum atomic E-state index is -0.324. The van der Waals surface area contributed by atoms with E-state index in [-0.39, 0.29) is 6.10 Å². The average molecular weight is 279 g/mol. The van der Waals surface area contributed by atoms with Crippen LogP contribution in [0.1, 0.15) is 11.3 Å². The highest BCUT2D eigenvalue weighted by Crippen LogP contribution is 2.07. The fourth-order valence-electron chi connectivity index (χ4n) is 2.54. The Kier molecular flexibility index (Phi) is 5.91. The SMILES string of the molecule is Cc1ncccc1CN(C)CC(O)CN1CCOCC1. The second-order valence-corrected chi connectivity index (χ2v) is 5.51. The maximum absolute atomic E-state index is 10.2. The van der Waals surface area contributed by atoms with Gasteiger partial charge in [0.05, 0.1) is 19.3 Å². The Morgan fingerprint density at radius 1 is 1.45 bits per heavy atom. The van der Waals surface area contributed by atoms with E-state index in [1.165, 1.54) is 5.56 Å². The van der Waals surface area contributed by atoms with Crippen molar-refractivity contribution in [2.45, 2.75) is 19.6 Å². The molecule has 5 nitrogen and oxygen atoms in total. The molecule has 0 saturated carbocycles. The van der Waals surface area contributed by atoms with Crippen molar-refractivity contribution in [1.29, 1.82) is 0 Å². The van der Waals surface area contributed by atoms with Gasteiger partial charge in [0.25, 0.3) is 0 Å². The van der Waals surface area contributed by atoms with E-state index in [2.05, 4.69) is 20.9 Å². The third-order valence-corrected chi connectivity index (χ3v) is 3.65. The number of morpholine rings is 1. The summed E-state index contributed by atoms with van der Waals surface area (Å²) in [6.07, 6.45) is 1.49. The lowest BCUT2D eigenvalue weighted by molar-refractivity contribution is 0.00823. The molecule has 2 heterocycles. The summed E-state index contributed by atoms with van der Waals surface area (Å²) < 4.78 is 5.31. The fourth-order valence-corrected chi connectivity index (χ4v) is 2.54. The molecule has 20 heavy (non-hydrogen) atoms. The minimum Gasteiger partial charge on any atom is -0.390 e. The lowest BCUT2D eigenvalue weighted by Gasteiger charge is -2.30. The van der Waals surface area contributed by atoms with Gasteiger partial charge in [0.1, 0.15) is 0 Å². The van der Waals surface area contributed by atoms with Gasteiger partial charge in [0.15, 0.2) is 0 Å². The molecule has 1 fully saturated rings. The molecular formula is C15H25N3O2. The van der Waals surface area contributed by atoms with Gasteiger partial charge in [-0.2, -0.15) is 0 Å². The van der Waals surface area contributed by atoms with Gasteiger partial charge in [-0.1, -0.05) is 6.07 Å². The molecule has 1 aliphatic rings. The summed E-state index contributed by atoms with van der Waals surface area (Å²) in [5, 5.41) is 10.2. The summed E-state index contributed by atoms with van der Waals surface area (Å²) in [6.45, 7) is 7.62. The van der Waals surface area contributed by atoms with E-state index >= 15 is 0 Å². The summed E-state index contributed by atoms with van der Waals surface area (Å²) >= 11 is 0. The topological polar surface area (TPSA) is 48.8 Å². The first-order valence-electron chi connectivity index (χ1n) is 7.22. The van der Waals surface area contributed by atoms with Crippen LogP contribution in [0.3, 0.4) is 0 Å². The fraction of sp³-hybridized carbons (Fsp3) is 0.667. The van der Waals surface area contributed by atoms with Crippen LogP contribution in [0.2, 0.25) is 0 Å². The lowest BCUT2D eigenvalue weighted by Crippen LogP contribution is -2.44. The van der Waals surface area contributed by atoms with Crippen LogP contribution in [-0.4, -0.2) is 72.4 Å². The summed E-state index contributed by atoms with van der Waals surface area (Å²) in [4.78, 5) is 8.70. The number of aliphatic hydroxyl groups is 1. The first-order chi connectivity index (χ1) is 9.65. The number of likely N-dealkylation sites (N-methyl/N-ethyl adjacent to an activating group) is 1. The number of hydrogen-bond donors (Lipinski definition) is 1. The smallest absolute Gasteiger partial charge is 0.0793 e. The molecule has 1 aromatic heterocycles. The van der Waals surface area contributed by atoms with Gasteiger partial charge in [-0.3, -0.25) is 14.8 Å². The van der Waals surface area contributed by atoms with Gasteiger partial charge in [-0.05, 0) is 25.6 Å². The van der Waals surface area contributed by atoms with E-state index in [1.807, 2.05) is 26.2 Å². The number of aliphatic hydroxyl groups excluding tert-OH is 1. The van der Waals surface area contributed by atoms with Crippen LogP contribution in [0.5, 0.6) is 0 Å². The standard InChI is InChI=1S/C15H25N3O2/c1-13-14(4-3-5-16-13)10-17(2)11-15(19)12-18-6-8-20-9-7-18/h3-5,15,19H,6-12H2,1-2H3. The molecule has 1 N–H and O–H groups in total. The Bertz CT molecular complexity index is 408. The van der Waals surface area contributed by atoms with Crippen LogP contribution in [-0.2, 0) is 11.3 Å². The highest BCUT2D eigenvalue weighted by Gasteiger charge is 2.16. The van der Waals surface area contributed by atoms with Crippen molar-refractivity contribution in [3.8, 4) is 0 Å². The van der Waals surface area contributed by atoms with Crippen molar-refractivity contribution < 1.29 is 9.84 Å². The van der Waals surface area contributed by atoms with Crippen LogP contribution in [0.25, 0.3) is 0 Å². The summed E-state index contributed by atoms with van der Waals surface area (Å²) in [5.74, 6) is 0. The van der Waals surface area contributed by atoms with E-state index < -0.39 is 0 Å². The van der Waals surface area contributed by atoms with Crippen molar-refractivity contribution in [1.82, 2.24) is 14.8 Å². The molecule has 0 bridgehead atoms. The zero-order valence-electron chi connectivity index (χ0n) is 12.5. The zero-order valence-corrected chi connectivity index (χ0v) is 12.5. The number of ether oxygens (including phenoxy) is 1. The van der Waals surface area contributed by atoms with Crippen LogP contribution < -0.4 is 0 Å². The predicted molar refractivity (Wildman–Crippen MR) is 78.6 cm³/mol. The molecule has 1 atom stereocenters. The highest BCUT2D eigenvalue weighted by molar-refractivity contribution is 5.17. The molecule has 0 amide bonds. The van der Waals surface area contributed by atoms with Crippen molar-refractivity contribution in [3.05, 3.63) is 29.6 Å². The van der Waals surface area contributed by atoms with Crippen molar-refractivity contribution in [2.24, 2.45) is 0 Å².